The molecular formula is C10H18ClNO6. The molecule has 106 valence electrons. The van der Waals surface area contributed by atoms with E-state index in [-0.39, 0.29) is 41.3 Å². The molecule has 0 radical (unpaired) electrons. The number of nitrogens with two attached hydrogens (primary N) is 1. The standard InChI is InChI=1S/C10H13NO4.ClH.2H2O/c1-15-10(14)7(11)4-6-2-3-8(12)9(13)5-6;;;/h2-3,5,7,12-13H,4,11H2,1H3;1H;2*1H2/t7-;;;/m0.../s1. The lowest BCUT2D eigenvalue weighted by atomic mass is 10.1. The number of ether oxygens (including phenoxy) is 1. The zero-order valence-electron chi connectivity index (χ0n) is 9.71. The number of carbonyl (C=O) groups is 1. The molecule has 0 spiro atoms. The molecule has 0 aromatic heterocycles. The molecule has 8 N–H and O–H groups in total. The Balaban J connectivity index is -0.000000750. The van der Waals surface area contributed by atoms with Gasteiger partial charge in [0.15, 0.2) is 11.5 Å². The van der Waals surface area contributed by atoms with Gasteiger partial charge < -0.3 is 31.6 Å². The molecule has 0 fully saturated rings. The summed E-state index contributed by atoms with van der Waals surface area (Å²) in [6, 6.07) is 3.52. The Morgan fingerprint density at radius 2 is 1.89 bits per heavy atom. The van der Waals surface area contributed by atoms with Crippen LogP contribution < -0.4 is 5.73 Å². The highest BCUT2D eigenvalue weighted by molar-refractivity contribution is 5.85. The smallest absolute Gasteiger partial charge is 0.322 e. The minimum atomic E-state index is -0.765. The summed E-state index contributed by atoms with van der Waals surface area (Å²) < 4.78 is 4.46. The van der Waals surface area contributed by atoms with E-state index in [2.05, 4.69) is 4.74 Å². The van der Waals surface area contributed by atoms with Crippen molar-refractivity contribution in [2.75, 3.05) is 7.11 Å². The minimum Gasteiger partial charge on any atom is -0.504 e. The fourth-order valence-corrected chi connectivity index (χ4v) is 1.18. The number of rotatable bonds is 3. The topological polar surface area (TPSA) is 156 Å². The molecular weight excluding hydrogens is 266 g/mol. The molecule has 0 amide bonds. The first-order valence-corrected chi connectivity index (χ1v) is 4.39. The van der Waals surface area contributed by atoms with E-state index in [1.54, 1.807) is 6.07 Å². The highest BCUT2D eigenvalue weighted by Gasteiger charge is 2.14. The van der Waals surface area contributed by atoms with Gasteiger partial charge in [-0.1, -0.05) is 6.07 Å². The van der Waals surface area contributed by atoms with E-state index in [0.29, 0.717) is 5.56 Å². The fraction of sp³-hybridized carbons (Fsp3) is 0.300. The molecule has 0 heterocycles. The number of hydrogen-bond donors (Lipinski definition) is 3. The third kappa shape index (κ3) is 5.69. The van der Waals surface area contributed by atoms with E-state index >= 15 is 0 Å². The minimum absolute atomic E-state index is 0. The summed E-state index contributed by atoms with van der Waals surface area (Å²) in [5.41, 5.74) is 6.18. The van der Waals surface area contributed by atoms with Crippen LogP contribution in [0.5, 0.6) is 11.5 Å². The predicted octanol–water partition coefficient (Wildman–Crippen LogP) is -1.09. The first-order chi connectivity index (χ1) is 7.04. The molecule has 0 saturated heterocycles. The van der Waals surface area contributed by atoms with Crippen LogP contribution in [0.15, 0.2) is 18.2 Å². The van der Waals surface area contributed by atoms with Crippen LogP contribution in [0.1, 0.15) is 5.56 Å². The zero-order chi connectivity index (χ0) is 11.4. The Labute approximate surface area is 110 Å². The number of methoxy groups -OCH3 is 1. The van der Waals surface area contributed by atoms with Crippen LogP contribution in [0.2, 0.25) is 0 Å². The third-order valence-electron chi connectivity index (χ3n) is 2.00. The normalized spacial score (nSPS) is 10.1. The van der Waals surface area contributed by atoms with E-state index < -0.39 is 12.0 Å². The Morgan fingerprint density at radius 3 is 2.33 bits per heavy atom. The van der Waals surface area contributed by atoms with Gasteiger partial charge in [0.25, 0.3) is 0 Å². The van der Waals surface area contributed by atoms with Crippen LogP contribution in [-0.2, 0) is 16.0 Å². The van der Waals surface area contributed by atoms with Crippen LogP contribution in [0.4, 0.5) is 0 Å². The number of benzene rings is 1. The quantitative estimate of drug-likeness (QED) is 0.475. The Bertz CT molecular complexity index is 373. The summed E-state index contributed by atoms with van der Waals surface area (Å²) in [4.78, 5) is 11.0. The molecule has 8 heteroatoms. The SMILES string of the molecule is COC(=O)[C@@H](N)Cc1ccc(O)c(O)c1.Cl.O.O. The van der Waals surface area contributed by atoms with Crippen molar-refractivity contribution in [1.29, 1.82) is 0 Å². The van der Waals surface area contributed by atoms with Crippen LogP contribution in [0.25, 0.3) is 0 Å². The molecule has 0 bridgehead atoms. The highest BCUT2D eigenvalue weighted by atomic mass is 35.5. The predicted molar refractivity (Wildman–Crippen MR) is 67.9 cm³/mol. The number of aromatic hydroxyl groups is 2. The fourth-order valence-electron chi connectivity index (χ4n) is 1.18. The van der Waals surface area contributed by atoms with E-state index in [1.165, 1.54) is 19.2 Å². The molecule has 1 aromatic carbocycles. The summed E-state index contributed by atoms with van der Waals surface area (Å²) in [7, 11) is 1.26. The van der Waals surface area contributed by atoms with Crippen molar-refractivity contribution in [3.63, 3.8) is 0 Å². The van der Waals surface area contributed by atoms with E-state index in [4.69, 9.17) is 10.8 Å². The second kappa shape index (κ2) is 9.49. The molecule has 0 aliphatic heterocycles. The van der Waals surface area contributed by atoms with Crippen molar-refractivity contribution in [3.8, 4) is 11.5 Å². The first kappa shape index (κ1) is 21.7. The molecule has 1 atom stereocenters. The van der Waals surface area contributed by atoms with Gasteiger partial charge in [-0.15, -0.1) is 12.4 Å². The summed E-state index contributed by atoms with van der Waals surface area (Å²) >= 11 is 0. The molecule has 0 saturated carbocycles. The molecule has 18 heavy (non-hydrogen) atoms. The first-order valence-electron chi connectivity index (χ1n) is 4.39. The Hall–Kier alpha value is -1.54. The van der Waals surface area contributed by atoms with Crippen LogP contribution >= 0.6 is 12.4 Å². The number of esters is 1. The molecule has 0 aliphatic rings. The lowest BCUT2D eigenvalue weighted by molar-refractivity contribution is -0.142. The lowest BCUT2D eigenvalue weighted by Gasteiger charge is -2.09. The van der Waals surface area contributed by atoms with E-state index in [1.807, 2.05) is 0 Å². The number of hydrogen-bond acceptors (Lipinski definition) is 5. The largest absolute Gasteiger partial charge is 0.504 e. The maximum atomic E-state index is 11.0. The van der Waals surface area contributed by atoms with Gasteiger partial charge in [0.2, 0.25) is 0 Å². The van der Waals surface area contributed by atoms with Gasteiger partial charge in [-0.05, 0) is 24.1 Å². The Morgan fingerprint density at radius 1 is 1.33 bits per heavy atom. The van der Waals surface area contributed by atoms with E-state index in [0.717, 1.165) is 0 Å². The third-order valence-corrected chi connectivity index (χ3v) is 2.00. The zero-order valence-corrected chi connectivity index (χ0v) is 10.5. The number of carbonyl (C=O) groups excluding carboxylic acids is 1. The maximum absolute atomic E-state index is 11.0. The monoisotopic (exact) mass is 283 g/mol. The van der Waals surface area contributed by atoms with E-state index in [9.17, 15) is 9.90 Å². The van der Waals surface area contributed by atoms with Gasteiger partial charge >= 0.3 is 5.97 Å². The average molecular weight is 284 g/mol. The van der Waals surface area contributed by atoms with Gasteiger partial charge in [0, 0.05) is 0 Å². The lowest BCUT2D eigenvalue weighted by Crippen LogP contribution is -2.33. The van der Waals surface area contributed by atoms with Crippen molar-refractivity contribution in [1.82, 2.24) is 0 Å². The highest BCUT2D eigenvalue weighted by Crippen LogP contribution is 2.25. The van der Waals surface area contributed by atoms with Gasteiger partial charge in [-0.3, -0.25) is 4.79 Å². The van der Waals surface area contributed by atoms with Gasteiger partial charge in [-0.25, -0.2) is 0 Å². The van der Waals surface area contributed by atoms with Gasteiger partial charge in [-0.2, -0.15) is 0 Å². The van der Waals surface area contributed by atoms with Crippen molar-refractivity contribution in [2.24, 2.45) is 5.73 Å². The molecule has 1 aromatic rings. The van der Waals surface area contributed by atoms with Crippen LogP contribution in [-0.4, -0.2) is 40.3 Å². The number of halogens is 1. The summed E-state index contributed by atoms with van der Waals surface area (Å²) in [5.74, 6) is -0.947. The summed E-state index contributed by atoms with van der Waals surface area (Å²) in [6.45, 7) is 0. The second-order valence-corrected chi connectivity index (χ2v) is 3.16. The van der Waals surface area contributed by atoms with Crippen molar-refractivity contribution in [3.05, 3.63) is 23.8 Å². The second-order valence-electron chi connectivity index (χ2n) is 3.16. The maximum Gasteiger partial charge on any atom is 0.322 e. The molecule has 1 rings (SSSR count). The van der Waals surface area contributed by atoms with Crippen molar-refractivity contribution in [2.45, 2.75) is 12.5 Å². The summed E-state index contributed by atoms with van der Waals surface area (Å²) in [5, 5.41) is 18.3. The van der Waals surface area contributed by atoms with Gasteiger partial charge in [0.1, 0.15) is 6.04 Å². The average Bonchev–Trinajstić information content (AvgIpc) is 2.22. The van der Waals surface area contributed by atoms with Crippen LogP contribution in [0, 0.1) is 0 Å². The molecule has 0 aliphatic carbocycles. The van der Waals surface area contributed by atoms with Crippen LogP contribution in [0.3, 0.4) is 0 Å². The number of phenols is 2. The Kier molecular flexibility index (Phi) is 11.4. The molecule has 0 unspecified atom stereocenters. The van der Waals surface area contributed by atoms with Crippen molar-refractivity contribution >= 4 is 18.4 Å². The summed E-state index contributed by atoms with van der Waals surface area (Å²) in [6.07, 6.45) is 0.251. The van der Waals surface area contributed by atoms with Gasteiger partial charge in [0.05, 0.1) is 7.11 Å². The molecule has 7 nitrogen and oxygen atoms in total. The van der Waals surface area contributed by atoms with Crippen molar-refractivity contribution < 1.29 is 30.7 Å². The number of phenolic OH excluding ortho intramolecular Hbond substituents is 2.